The molecule has 0 saturated heterocycles. The third kappa shape index (κ3) is 3.09. The maximum atomic E-state index is 9.25. The van der Waals surface area contributed by atoms with Crippen molar-refractivity contribution in [3.8, 4) is 17.6 Å². The molecule has 0 aromatic heterocycles. The van der Waals surface area contributed by atoms with Gasteiger partial charge in [-0.25, -0.2) is 0 Å². The zero-order valence-electron chi connectivity index (χ0n) is 12.4. The molecule has 2 aromatic rings. The number of ether oxygens (including phenoxy) is 2. The fraction of sp³-hybridized carbons (Fsp3) is 0.235. The first-order valence-electron chi connectivity index (χ1n) is 6.67. The van der Waals surface area contributed by atoms with E-state index in [2.05, 4.69) is 11.4 Å². The van der Waals surface area contributed by atoms with Gasteiger partial charge in [-0.3, -0.25) is 0 Å². The number of hydrogen-bond acceptors (Lipinski definition) is 4. The minimum atomic E-state index is -0.0236. The smallest absolute Gasteiger partial charge is 0.143 e. The van der Waals surface area contributed by atoms with Gasteiger partial charge in [0.2, 0.25) is 0 Å². The molecule has 0 fully saturated rings. The van der Waals surface area contributed by atoms with Gasteiger partial charge in [-0.15, -0.1) is 0 Å². The lowest BCUT2D eigenvalue weighted by atomic mass is 10.1. The quantitative estimate of drug-likeness (QED) is 0.907. The highest BCUT2D eigenvalue weighted by atomic mass is 16.5. The van der Waals surface area contributed by atoms with Crippen molar-refractivity contribution in [3.63, 3.8) is 0 Å². The first-order chi connectivity index (χ1) is 10.2. The number of benzene rings is 2. The van der Waals surface area contributed by atoms with E-state index in [1.165, 1.54) is 0 Å². The molecule has 21 heavy (non-hydrogen) atoms. The van der Waals surface area contributed by atoms with E-state index in [-0.39, 0.29) is 6.04 Å². The third-order valence-corrected chi connectivity index (χ3v) is 3.33. The van der Waals surface area contributed by atoms with Gasteiger partial charge in [0.1, 0.15) is 17.6 Å². The molecule has 1 N–H and O–H groups in total. The average molecular weight is 282 g/mol. The second kappa shape index (κ2) is 6.67. The first kappa shape index (κ1) is 14.7. The van der Waals surface area contributed by atoms with Crippen LogP contribution in [-0.4, -0.2) is 14.2 Å². The maximum absolute atomic E-state index is 9.25. The molecule has 0 heterocycles. The van der Waals surface area contributed by atoms with Crippen molar-refractivity contribution in [3.05, 3.63) is 53.6 Å². The fourth-order valence-electron chi connectivity index (χ4n) is 2.26. The molecule has 0 saturated carbocycles. The van der Waals surface area contributed by atoms with E-state index in [1.54, 1.807) is 26.4 Å². The summed E-state index contributed by atoms with van der Waals surface area (Å²) < 4.78 is 10.7. The summed E-state index contributed by atoms with van der Waals surface area (Å²) in [4.78, 5) is 0. The molecule has 0 aliphatic rings. The SMILES string of the molecule is COc1ccccc1C(C)Nc1c(C#N)cccc1OC. The van der Waals surface area contributed by atoms with Crippen LogP contribution in [0.1, 0.15) is 24.1 Å². The summed E-state index contributed by atoms with van der Waals surface area (Å²) in [6, 6.07) is 15.4. The van der Waals surface area contributed by atoms with Crippen LogP contribution in [0.15, 0.2) is 42.5 Å². The Morgan fingerprint density at radius 3 is 2.33 bits per heavy atom. The second-order valence-corrected chi connectivity index (χ2v) is 4.60. The number of anilines is 1. The van der Waals surface area contributed by atoms with Crippen LogP contribution in [0.5, 0.6) is 11.5 Å². The molecule has 0 aliphatic carbocycles. The molecule has 0 aliphatic heterocycles. The molecule has 0 radical (unpaired) electrons. The average Bonchev–Trinajstić information content (AvgIpc) is 2.54. The molecule has 1 atom stereocenters. The zero-order valence-corrected chi connectivity index (χ0v) is 12.4. The van der Waals surface area contributed by atoms with Gasteiger partial charge in [-0.1, -0.05) is 24.3 Å². The van der Waals surface area contributed by atoms with Crippen LogP contribution >= 0.6 is 0 Å². The minimum Gasteiger partial charge on any atom is -0.496 e. The number of nitriles is 1. The van der Waals surface area contributed by atoms with Gasteiger partial charge >= 0.3 is 0 Å². The van der Waals surface area contributed by atoms with E-state index in [1.807, 2.05) is 37.3 Å². The fourth-order valence-corrected chi connectivity index (χ4v) is 2.26. The molecule has 1 unspecified atom stereocenters. The van der Waals surface area contributed by atoms with E-state index in [0.717, 1.165) is 11.3 Å². The van der Waals surface area contributed by atoms with Gasteiger partial charge < -0.3 is 14.8 Å². The normalized spacial score (nSPS) is 11.3. The van der Waals surface area contributed by atoms with Gasteiger partial charge in [0.05, 0.1) is 31.5 Å². The van der Waals surface area contributed by atoms with Crippen molar-refractivity contribution in [2.75, 3.05) is 19.5 Å². The number of para-hydroxylation sites is 2. The Balaban J connectivity index is 2.36. The van der Waals surface area contributed by atoms with Gasteiger partial charge in [-0.05, 0) is 25.1 Å². The summed E-state index contributed by atoms with van der Waals surface area (Å²) in [6.45, 7) is 2.02. The lowest BCUT2D eigenvalue weighted by molar-refractivity contribution is 0.407. The Bertz CT molecular complexity index is 662. The highest BCUT2D eigenvalue weighted by Crippen LogP contribution is 2.33. The Morgan fingerprint density at radius 2 is 1.67 bits per heavy atom. The number of nitrogens with one attached hydrogen (secondary N) is 1. The monoisotopic (exact) mass is 282 g/mol. The van der Waals surface area contributed by atoms with Crippen LogP contribution in [0.4, 0.5) is 5.69 Å². The highest BCUT2D eigenvalue weighted by Gasteiger charge is 2.15. The van der Waals surface area contributed by atoms with Gasteiger partial charge in [0.25, 0.3) is 0 Å². The predicted octanol–water partition coefficient (Wildman–Crippen LogP) is 3.75. The largest absolute Gasteiger partial charge is 0.496 e. The number of rotatable bonds is 5. The Hall–Kier alpha value is -2.67. The van der Waals surface area contributed by atoms with Gasteiger partial charge in [-0.2, -0.15) is 5.26 Å². The van der Waals surface area contributed by atoms with Crippen LogP contribution in [-0.2, 0) is 0 Å². The number of methoxy groups -OCH3 is 2. The maximum Gasteiger partial charge on any atom is 0.143 e. The van der Waals surface area contributed by atoms with E-state index >= 15 is 0 Å². The standard InChI is InChI=1S/C17H18N2O2/c1-12(14-8-4-5-9-15(14)20-2)19-17-13(11-18)7-6-10-16(17)21-3/h4-10,12,19H,1-3H3. The molecular weight excluding hydrogens is 264 g/mol. The van der Waals surface area contributed by atoms with E-state index in [9.17, 15) is 5.26 Å². The van der Waals surface area contributed by atoms with Crippen LogP contribution in [0.2, 0.25) is 0 Å². The van der Waals surface area contributed by atoms with Crippen molar-refractivity contribution in [1.82, 2.24) is 0 Å². The third-order valence-electron chi connectivity index (χ3n) is 3.33. The van der Waals surface area contributed by atoms with E-state index in [4.69, 9.17) is 9.47 Å². The molecule has 0 bridgehead atoms. The molecule has 2 rings (SSSR count). The molecule has 2 aromatic carbocycles. The number of nitrogens with zero attached hydrogens (tertiary/aromatic N) is 1. The van der Waals surface area contributed by atoms with Gasteiger partial charge in [0, 0.05) is 5.56 Å². The highest BCUT2D eigenvalue weighted by molar-refractivity contribution is 5.67. The summed E-state index contributed by atoms with van der Waals surface area (Å²) in [7, 11) is 3.24. The Kier molecular flexibility index (Phi) is 4.68. The molecule has 4 nitrogen and oxygen atoms in total. The summed E-state index contributed by atoms with van der Waals surface area (Å²) in [5.41, 5.74) is 2.27. The summed E-state index contributed by atoms with van der Waals surface area (Å²) >= 11 is 0. The lowest BCUT2D eigenvalue weighted by Gasteiger charge is -2.20. The van der Waals surface area contributed by atoms with Crippen molar-refractivity contribution < 1.29 is 9.47 Å². The van der Waals surface area contributed by atoms with Crippen molar-refractivity contribution in [2.24, 2.45) is 0 Å². The summed E-state index contributed by atoms with van der Waals surface area (Å²) in [5.74, 6) is 1.46. The van der Waals surface area contributed by atoms with Gasteiger partial charge in [0.15, 0.2) is 0 Å². The lowest BCUT2D eigenvalue weighted by Crippen LogP contribution is -2.10. The van der Waals surface area contributed by atoms with Crippen molar-refractivity contribution >= 4 is 5.69 Å². The Morgan fingerprint density at radius 1 is 1.00 bits per heavy atom. The van der Waals surface area contributed by atoms with E-state index in [0.29, 0.717) is 17.0 Å². The molecular formula is C17H18N2O2. The van der Waals surface area contributed by atoms with Crippen LogP contribution in [0.25, 0.3) is 0 Å². The zero-order chi connectivity index (χ0) is 15.2. The molecule has 108 valence electrons. The molecule has 4 heteroatoms. The first-order valence-corrected chi connectivity index (χ1v) is 6.67. The van der Waals surface area contributed by atoms with Crippen molar-refractivity contribution in [1.29, 1.82) is 5.26 Å². The molecule has 0 spiro atoms. The Labute approximate surface area is 124 Å². The van der Waals surface area contributed by atoms with Crippen LogP contribution in [0.3, 0.4) is 0 Å². The molecule has 0 amide bonds. The van der Waals surface area contributed by atoms with E-state index < -0.39 is 0 Å². The number of hydrogen-bond donors (Lipinski definition) is 1. The predicted molar refractivity (Wildman–Crippen MR) is 82.7 cm³/mol. The minimum absolute atomic E-state index is 0.0236. The van der Waals surface area contributed by atoms with Crippen LogP contribution in [0, 0.1) is 11.3 Å². The van der Waals surface area contributed by atoms with Crippen LogP contribution < -0.4 is 14.8 Å². The summed E-state index contributed by atoms with van der Waals surface area (Å²) in [6.07, 6.45) is 0. The topological polar surface area (TPSA) is 54.3 Å². The van der Waals surface area contributed by atoms with Crippen molar-refractivity contribution in [2.45, 2.75) is 13.0 Å². The second-order valence-electron chi connectivity index (χ2n) is 4.60. The summed E-state index contributed by atoms with van der Waals surface area (Å²) in [5, 5.41) is 12.6.